The van der Waals surface area contributed by atoms with Gasteiger partial charge in [0.15, 0.2) is 0 Å². The zero-order valence-corrected chi connectivity index (χ0v) is 25.3. The molecule has 1 heterocycles. The summed E-state index contributed by atoms with van der Waals surface area (Å²) in [6.07, 6.45) is 2.98. The van der Waals surface area contributed by atoms with E-state index in [4.69, 9.17) is 28.1 Å². The van der Waals surface area contributed by atoms with Crippen LogP contribution in [0.3, 0.4) is 0 Å². The smallest absolute Gasteiger partial charge is 0.201 e. The van der Waals surface area contributed by atoms with Gasteiger partial charge in [-0.1, -0.05) is 65.8 Å². The Morgan fingerprint density at radius 2 is 1.24 bits per heavy atom. The molecule has 0 spiro atoms. The second-order valence-electron chi connectivity index (χ2n) is 10.9. The van der Waals surface area contributed by atoms with Crippen molar-refractivity contribution in [2.24, 2.45) is 0 Å². The fourth-order valence-corrected chi connectivity index (χ4v) is 11.1. The van der Waals surface area contributed by atoms with Crippen LogP contribution in [-0.4, -0.2) is 47.5 Å². The van der Waals surface area contributed by atoms with Gasteiger partial charge < -0.3 is 28.1 Å². The first-order chi connectivity index (χ1) is 18.2. The predicted molar refractivity (Wildman–Crippen MR) is 154 cm³/mol. The minimum atomic E-state index is -2.16. The highest BCUT2D eigenvalue weighted by atomic mass is 28.4. The van der Waals surface area contributed by atoms with Gasteiger partial charge in [-0.3, -0.25) is 0 Å². The molecule has 210 valence electrons. The third-order valence-corrected chi connectivity index (χ3v) is 13.7. The van der Waals surface area contributed by atoms with Crippen LogP contribution in [0.15, 0.2) is 60.9 Å². The molecule has 0 aromatic heterocycles. The number of hydrogen-bond acceptors (Lipinski definition) is 6. The molecule has 0 aliphatic carbocycles. The van der Waals surface area contributed by atoms with E-state index in [0.29, 0.717) is 36.4 Å². The first kappa shape index (κ1) is 30.2. The van der Waals surface area contributed by atoms with Gasteiger partial charge in [-0.05, 0) is 58.1 Å². The third-order valence-electron chi connectivity index (χ3n) is 7.57. The van der Waals surface area contributed by atoms with Gasteiger partial charge in [-0.15, -0.1) is 0 Å². The van der Waals surface area contributed by atoms with Crippen molar-refractivity contribution in [3.8, 4) is 11.5 Å². The van der Waals surface area contributed by atoms with Gasteiger partial charge >= 0.3 is 0 Å². The van der Waals surface area contributed by atoms with E-state index in [1.165, 1.54) is 0 Å². The standard InChI is InChI=1S/C31H46O6Si/c1-22(2)38(23(3)4,24(5)6)37-29-17-18-35-30(21-34-19-25-9-13-27(32-7)14-10-25)31(29)36-20-26-11-15-28(33-8)16-12-26/h9-18,22-24,29-31H,19-21H2,1-8H3/t29-,30-,31+/m1/s1. The lowest BCUT2D eigenvalue weighted by atomic mass is 10.1. The first-order valence-corrected chi connectivity index (χ1v) is 15.8. The van der Waals surface area contributed by atoms with E-state index < -0.39 is 8.32 Å². The van der Waals surface area contributed by atoms with Crippen LogP contribution in [0.4, 0.5) is 0 Å². The van der Waals surface area contributed by atoms with E-state index in [1.807, 2.05) is 54.6 Å². The Balaban J connectivity index is 1.78. The minimum Gasteiger partial charge on any atom is -0.497 e. The molecular weight excluding hydrogens is 496 g/mol. The summed E-state index contributed by atoms with van der Waals surface area (Å²) in [4.78, 5) is 0. The van der Waals surface area contributed by atoms with Gasteiger partial charge in [-0.2, -0.15) is 0 Å². The number of rotatable bonds is 14. The molecule has 0 saturated carbocycles. The number of hydrogen-bond donors (Lipinski definition) is 0. The van der Waals surface area contributed by atoms with Crippen molar-refractivity contribution in [2.45, 2.75) is 89.7 Å². The van der Waals surface area contributed by atoms with E-state index in [1.54, 1.807) is 20.5 Å². The summed E-state index contributed by atoms with van der Waals surface area (Å²) in [6, 6.07) is 15.9. The highest BCUT2D eigenvalue weighted by Crippen LogP contribution is 2.44. The van der Waals surface area contributed by atoms with Crippen molar-refractivity contribution in [3.05, 3.63) is 72.0 Å². The van der Waals surface area contributed by atoms with Crippen molar-refractivity contribution in [1.82, 2.24) is 0 Å². The highest BCUT2D eigenvalue weighted by Gasteiger charge is 2.49. The Bertz CT molecular complexity index is 965. The molecule has 1 aliphatic rings. The van der Waals surface area contributed by atoms with Crippen LogP contribution >= 0.6 is 0 Å². The van der Waals surface area contributed by atoms with Crippen molar-refractivity contribution in [1.29, 1.82) is 0 Å². The molecule has 7 heteroatoms. The van der Waals surface area contributed by atoms with Gasteiger partial charge in [0.1, 0.15) is 23.7 Å². The second-order valence-corrected chi connectivity index (χ2v) is 16.3. The van der Waals surface area contributed by atoms with Gasteiger partial charge in [0.2, 0.25) is 8.32 Å². The maximum Gasteiger partial charge on any atom is 0.201 e. The Morgan fingerprint density at radius 3 is 1.71 bits per heavy atom. The molecule has 38 heavy (non-hydrogen) atoms. The first-order valence-electron chi connectivity index (χ1n) is 13.7. The minimum absolute atomic E-state index is 0.213. The molecule has 6 nitrogen and oxygen atoms in total. The summed E-state index contributed by atoms with van der Waals surface area (Å²) in [5, 5.41) is 0. The maximum atomic E-state index is 7.18. The molecular formula is C31H46O6Si. The summed E-state index contributed by atoms with van der Waals surface area (Å²) < 4.78 is 36.5. The fraction of sp³-hybridized carbons (Fsp3) is 0.548. The number of ether oxygens (including phenoxy) is 5. The van der Waals surface area contributed by atoms with Crippen molar-refractivity contribution < 1.29 is 28.1 Å². The third kappa shape index (κ3) is 7.41. The Labute approximate surface area is 230 Å². The zero-order valence-electron chi connectivity index (χ0n) is 24.3. The number of methoxy groups -OCH3 is 2. The molecule has 3 rings (SSSR count). The van der Waals surface area contributed by atoms with Crippen LogP contribution in [0.5, 0.6) is 11.5 Å². The van der Waals surface area contributed by atoms with Gasteiger partial charge in [0.25, 0.3) is 0 Å². The van der Waals surface area contributed by atoms with E-state index in [0.717, 1.165) is 22.6 Å². The van der Waals surface area contributed by atoms with E-state index in [9.17, 15) is 0 Å². The quantitative estimate of drug-likeness (QED) is 0.234. The average Bonchev–Trinajstić information content (AvgIpc) is 2.91. The molecule has 3 atom stereocenters. The molecule has 0 saturated heterocycles. The molecule has 2 aromatic carbocycles. The Hall–Kier alpha value is -2.32. The molecule has 0 bridgehead atoms. The molecule has 2 aromatic rings. The molecule has 0 radical (unpaired) electrons. The predicted octanol–water partition coefficient (Wildman–Crippen LogP) is 7.28. The molecule has 0 N–H and O–H groups in total. The SMILES string of the molecule is COc1ccc(COC[C@H]2OC=C[C@@H](O[Si](C(C)C)(C(C)C)C(C)C)[C@@H]2OCc2ccc(OC)cc2)cc1. The second kappa shape index (κ2) is 14.2. The van der Waals surface area contributed by atoms with Crippen LogP contribution < -0.4 is 9.47 Å². The summed E-state index contributed by atoms with van der Waals surface area (Å²) in [6.45, 7) is 15.1. The summed E-state index contributed by atoms with van der Waals surface area (Å²) in [7, 11) is 1.18. The lowest BCUT2D eigenvalue weighted by Crippen LogP contribution is -2.55. The average molecular weight is 543 g/mol. The largest absolute Gasteiger partial charge is 0.497 e. The highest BCUT2D eigenvalue weighted by molar-refractivity contribution is 6.77. The van der Waals surface area contributed by atoms with Crippen LogP contribution in [0, 0.1) is 0 Å². The molecule has 0 fully saturated rings. The van der Waals surface area contributed by atoms with E-state index in [-0.39, 0.29) is 18.3 Å². The lowest BCUT2D eigenvalue weighted by Gasteiger charge is -2.47. The van der Waals surface area contributed by atoms with Crippen LogP contribution in [-0.2, 0) is 31.9 Å². The van der Waals surface area contributed by atoms with Crippen molar-refractivity contribution in [3.63, 3.8) is 0 Å². The van der Waals surface area contributed by atoms with Crippen molar-refractivity contribution in [2.75, 3.05) is 20.8 Å². The monoisotopic (exact) mass is 542 g/mol. The van der Waals surface area contributed by atoms with Crippen molar-refractivity contribution >= 4 is 8.32 Å². The van der Waals surface area contributed by atoms with Crippen LogP contribution in [0.1, 0.15) is 52.7 Å². The lowest BCUT2D eigenvalue weighted by molar-refractivity contribution is -0.127. The number of benzene rings is 2. The van der Waals surface area contributed by atoms with Gasteiger partial charge in [-0.25, -0.2) is 0 Å². The van der Waals surface area contributed by atoms with Crippen LogP contribution in [0.2, 0.25) is 16.6 Å². The van der Waals surface area contributed by atoms with Crippen LogP contribution in [0.25, 0.3) is 0 Å². The summed E-state index contributed by atoms with van der Waals surface area (Å²) in [5.41, 5.74) is 3.53. The topological polar surface area (TPSA) is 55.4 Å². The van der Waals surface area contributed by atoms with Gasteiger partial charge in [0.05, 0.1) is 46.4 Å². The normalized spacial score (nSPS) is 19.7. The fourth-order valence-electron chi connectivity index (χ4n) is 5.64. The Kier molecular flexibility index (Phi) is 11.3. The molecule has 0 amide bonds. The maximum absolute atomic E-state index is 7.18. The van der Waals surface area contributed by atoms with E-state index in [2.05, 4.69) is 41.5 Å². The Morgan fingerprint density at radius 1 is 0.737 bits per heavy atom. The van der Waals surface area contributed by atoms with Gasteiger partial charge in [0, 0.05) is 0 Å². The molecule has 1 aliphatic heterocycles. The zero-order chi connectivity index (χ0) is 27.7. The summed E-state index contributed by atoms with van der Waals surface area (Å²) in [5.74, 6) is 1.65. The summed E-state index contributed by atoms with van der Waals surface area (Å²) >= 11 is 0. The molecule has 0 unspecified atom stereocenters. The van der Waals surface area contributed by atoms with E-state index >= 15 is 0 Å².